The van der Waals surface area contributed by atoms with E-state index in [4.69, 9.17) is 5.11 Å². The van der Waals surface area contributed by atoms with Crippen molar-refractivity contribution in [2.24, 2.45) is 0 Å². The molecule has 0 saturated heterocycles. The summed E-state index contributed by atoms with van der Waals surface area (Å²) >= 11 is 0. The molecule has 0 spiro atoms. The third-order valence-corrected chi connectivity index (χ3v) is 3.60. The molecule has 0 atom stereocenters. The number of nitrogens with zero attached hydrogens (tertiary/aromatic N) is 2. The molecule has 0 aliphatic carbocycles. The Balaban J connectivity index is 2.38. The van der Waals surface area contributed by atoms with Crippen LogP contribution < -0.4 is 0 Å². The van der Waals surface area contributed by atoms with Crippen LogP contribution in [-0.2, 0) is 23.2 Å². The zero-order valence-corrected chi connectivity index (χ0v) is 13.1. The van der Waals surface area contributed by atoms with E-state index in [9.17, 15) is 4.79 Å². The lowest BCUT2D eigenvalue weighted by Gasteiger charge is -2.19. The van der Waals surface area contributed by atoms with Crippen LogP contribution in [0.15, 0.2) is 30.5 Å². The summed E-state index contributed by atoms with van der Waals surface area (Å²) in [4.78, 5) is 15.3. The first-order valence-electron chi connectivity index (χ1n) is 7.20. The molecule has 0 amide bonds. The molecule has 0 unspecified atom stereocenters. The average molecular weight is 286 g/mol. The summed E-state index contributed by atoms with van der Waals surface area (Å²) in [5, 5.41) is 8.95. The number of imidazole rings is 1. The van der Waals surface area contributed by atoms with Crippen molar-refractivity contribution in [3.05, 3.63) is 41.7 Å². The Kier molecular flexibility index (Phi) is 4.16. The number of hydrogen-bond donors (Lipinski definition) is 1. The minimum absolute atomic E-state index is 0.000907. The lowest BCUT2D eigenvalue weighted by Crippen LogP contribution is -2.11. The molecule has 0 aliphatic rings. The van der Waals surface area contributed by atoms with Gasteiger partial charge >= 0.3 is 5.97 Å². The van der Waals surface area contributed by atoms with Crippen LogP contribution in [0.2, 0.25) is 0 Å². The van der Waals surface area contributed by atoms with Crippen LogP contribution in [0.25, 0.3) is 11.4 Å². The minimum atomic E-state index is -0.834. The van der Waals surface area contributed by atoms with Crippen LogP contribution in [0.1, 0.15) is 39.0 Å². The van der Waals surface area contributed by atoms with E-state index in [1.54, 1.807) is 6.20 Å². The number of aliphatic carboxylic acids is 1. The summed E-state index contributed by atoms with van der Waals surface area (Å²) in [5.74, 6) is -0.00607. The van der Waals surface area contributed by atoms with Gasteiger partial charge in [0.05, 0.1) is 6.42 Å². The molecule has 0 radical (unpaired) electrons. The predicted octanol–water partition coefficient (Wildman–Crippen LogP) is 3.49. The van der Waals surface area contributed by atoms with Crippen LogP contribution in [0, 0.1) is 0 Å². The first-order valence-corrected chi connectivity index (χ1v) is 7.20. The maximum Gasteiger partial charge on any atom is 0.309 e. The van der Waals surface area contributed by atoms with Gasteiger partial charge in [0.15, 0.2) is 0 Å². The highest BCUT2D eigenvalue weighted by Gasteiger charge is 2.16. The number of carbonyl (C=O) groups is 1. The van der Waals surface area contributed by atoms with Crippen molar-refractivity contribution in [1.82, 2.24) is 9.55 Å². The zero-order valence-electron chi connectivity index (χ0n) is 13.1. The fraction of sp³-hybridized carbons (Fsp3) is 0.412. The highest BCUT2D eigenvalue weighted by atomic mass is 16.4. The van der Waals surface area contributed by atoms with Gasteiger partial charge in [-0.2, -0.15) is 0 Å². The van der Waals surface area contributed by atoms with Gasteiger partial charge in [0.1, 0.15) is 5.82 Å². The van der Waals surface area contributed by atoms with Crippen molar-refractivity contribution in [3.8, 4) is 11.4 Å². The summed E-state index contributed by atoms with van der Waals surface area (Å²) in [6.07, 6.45) is 1.66. The van der Waals surface area contributed by atoms with Crippen molar-refractivity contribution in [3.63, 3.8) is 0 Å². The molecule has 4 nitrogen and oxygen atoms in total. The lowest BCUT2D eigenvalue weighted by atomic mass is 9.87. The molecule has 0 saturated carbocycles. The second kappa shape index (κ2) is 5.72. The molecule has 2 aromatic rings. The summed E-state index contributed by atoms with van der Waals surface area (Å²) in [5.41, 5.74) is 3.14. The Hall–Kier alpha value is -2.10. The molecule has 1 heterocycles. The Bertz CT molecular complexity index is 634. The van der Waals surface area contributed by atoms with Gasteiger partial charge in [-0.25, -0.2) is 4.98 Å². The van der Waals surface area contributed by atoms with Crippen molar-refractivity contribution in [2.45, 2.75) is 46.1 Å². The van der Waals surface area contributed by atoms with E-state index in [0.29, 0.717) is 6.54 Å². The minimum Gasteiger partial charge on any atom is -0.481 e. The van der Waals surface area contributed by atoms with E-state index in [-0.39, 0.29) is 11.8 Å². The largest absolute Gasteiger partial charge is 0.481 e. The first kappa shape index (κ1) is 15.3. The van der Waals surface area contributed by atoms with Gasteiger partial charge in [-0.1, -0.05) is 45.0 Å². The van der Waals surface area contributed by atoms with E-state index in [1.165, 1.54) is 5.56 Å². The molecule has 1 N–H and O–H groups in total. The molecule has 0 bridgehead atoms. The highest BCUT2D eigenvalue weighted by Crippen LogP contribution is 2.26. The van der Waals surface area contributed by atoms with Crippen molar-refractivity contribution >= 4 is 5.97 Å². The molecule has 112 valence electrons. The number of carboxylic acid groups (broad SMARTS) is 1. The number of carboxylic acids is 1. The summed E-state index contributed by atoms with van der Waals surface area (Å²) in [7, 11) is 0. The van der Waals surface area contributed by atoms with Gasteiger partial charge < -0.3 is 9.67 Å². The maximum absolute atomic E-state index is 10.9. The second-order valence-electron chi connectivity index (χ2n) is 6.22. The lowest BCUT2D eigenvalue weighted by molar-refractivity contribution is -0.136. The molecule has 21 heavy (non-hydrogen) atoms. The third-order valence-electron chi connectivity index (χ3n) is 3.60. The summed E-state index contributed by atoms with van der Waals surface area (Å²) < 4.78 is 1.96. The first-order chi connectivity index (χ1) is 9.82. The van der Waals surface area contributed by atoms with Crippen LogP contribution in [0.4, 0.5) is 0 Å². The monoisotopic (exact) mass is 286 g/mol. The normalized spacial score (nSPS) is 11.6. The molecule has 4 heteroatoms. The van der Waals surface area contributed by atoms with Crippen LogP contribution in [0.3, 0.4) is 0 Å². The van der Waals surface area contributed by atoms with E-state index in [1.807, 2.05) is 11.5 Å². The molecule has 2 rings (SSSR count). The number of hydrogen-bond acceptors (Lipinski definition) is 2. The molecular formula is C17H22N2O2. The van der Waals surface area contributed by atoms with Crippen molar-refractivity contribution < 1.29 is 9.90 Å². The van der Waals surface area contributed by atoms with Crippen molar-refractivity contribution in [1.29, 1.82) is 0 Å². The SMILES string of the molecule is CCn1c(CC(=O)O)cnc1-c1ccc(C(C)(C)C)cc1. The van der Waals surface area contributed by atoms with Crippen LogP contribution in [-0.4, -0.2) is 20.6 Å². The molecule has 0 aliphatic heterocycles. The summed E-state index contributed by atoms with van der Waals surface area (Å²) in [6.45, 7) is 9.25. The van der Waals surface area contributed by atoms with Gasteiger partial charge in [0.25, 0.3) is 0 Å². The zero-order chi connectivity index (χ0) is 15.6. The van der Waals surface area contributed by atoms with Gasteiger partial charge in [-0.15, -0.1) is 0 Å². The quantitative estimate of drug-likeness (QED) is 0.936. The average Bonchev–Trinajstić information content (AvgIpc) is 2.79. The Labute approximate surface area is 125 Å². The van der Waals surface area contributed by atoms with E-state index >= 15 is 0 Å². The predicted molar refractivity (Wildman–Crippen MR) is 83.4 cm³/mol. The molecular weight excluding hydrogens is 264 g/mol. The fourth-order valence-corrected chi connectivity index (χ4v) is 2.41. The van der Waals surface area contributed by atoms with Crippen molar-refractivity contribution in [2.75, 3.05) is 0 Å². The number of rotatable bonds is 4. The fourth-order valence-electron chi connectivity index (χ4n) is 2.41. The Morgan fingerprint density at radius 3 is 2.33 bits per heavy atom. The maximum atomic E-state index is 10.9. The van der Waals surface area contributed by atoms with Crippen LogP contribution in [0.5, 0.6) is 0 Å². The standard InChI is InChI=1S/C17H22N2O2/c1-5-19-14(10-15(20)21)11-18-16(19)12-6-8-13(9-7-12)17(2,3)4/h6-9,11H,5,10H2,1-4H3,(H,20,21). The third kappa shape index (κ3) is 3.32. The van der Waals surface area contributed by atoms with Gasteiger partial charge in [0.2, 0.25) is 0 Å². The molecule has 1 aromatic carbocycles. The summed E-state index contributed by atoms with van der Waals surface area (Å²) in [6, 6.07) is 8.33. The highest BCUT2D eigenvalue weighted by molar-refractivity contribution is 5.70. The van der Waals surface area contributed by atoms with Crippen LogP contribution >= 0.6 is 0 Å². The van der Waals surface area contributed by atoms with E-state index in [0.717, 1.165) is 17.1 Å². The van der Waals surface area contributed by atoms with Gasteiger partial charge in [0, 0.05) is 24.0 Å². The topological polar surface area (TPSA) is 55.1 Å². The second-order valence-corrected chi connectivity index (χ2v) is 6.22. The van der Waals surface area contributed by atoms with E-state index < -0.39 is 5.97 Å². The smallest absolute Gasteiger partial charge is 0.309 e. The molecule has 1 aromatic heterocycles. The Morgan fingerprint density at radius 1 is 1.24 bits per heavy atom. The van der Waals surface area contributed by atoms with E-state index in [2.05, 4.69) is 50.0 Å². The van der Waals surface area contributed by atoms with Gasteiger partial charge in [-0.05, 0) is 17.9 Å². The van der Waals surface area contributed by atoms with Gasteiger partial charge in [-0.3, -0.25) is 4.79 Å². The number of benzene rings is 1. The molecule has 0 fully saturated rings. The number of aromatic nitrogens is 2. The Morgan fingerprint density at radius 2 is 1.86 bits per heavy atom.